The zero-order valence-corrected chi connectivity index (χ0v) is 16.2. The van der Waals surface area contributed by atoms with Crippen molar-refractivity contribution in [2.45, 2.75) is 60.3 Å². The Morgan fingerprint density at radius 2 is 1.25 bits per heavy atom. The minimum absolute atomic E-state index is 0.833. The molecule has 0 spiro atoms. The molecule has 0 aliphatic heterocycles. The first-order valence-electron chi connectivity index (χ1n) is 9.16. The third kappa shape index (κ3) is 7.64. The molecular weight excluding hydrogens is 288 g/mol. The van der Waals surface area contributed by atoms with E-state index in [4.69, 9.17) is 0 Å². The van der Waals surface area contributed by atoms with Crippen molar-refractivity contribution in [3.63, 3.8) is 0 Å². The molecule has 0 unspecified atom stereocenters. The van der Waals surface area contributed by atoms with E-state index in [2.05, 4.69) is 75.9 Å². The smallest absolute Gasteiger partial charge is 0.0184 e. The van der Waals surface area contributed by atoms with Crippen LogP contribution in [-0.2, 0) is 0 Å². The van der Waals surface area contributed by atoms with Crippen LogP contribution in [0.2, 0.25) is 0 Å². The third-order valence-corrected chi connectivity index (χ3v) is 4.62. The van der Waals surface area contributed by atoms with Crippen molar-refractivity contribution in [3.8, 4) is 11.1 Å². The first-order valence-corrected chi connectivity index (χ1v) is 9.16. The van der Waals surface area contributed by atoms with Gasteiger partial charge in [0.25, 0.3) is 0 Å². The van der Waals surface area contributed by atoms with E-state index in [1.807, 2.05) is 19.9 Å². The number of hydrogen-bond acceptors (Lipinski definition) is 0. The minimum Gasteiger partial charge on any atom is -0.100 e. The van der Waals surface area contributed by atoms with Crippen molar-refractivity contribution < 1.29 is 0 Å². The van der Waals surface area contributed by atoms with Crippen LogP contribution in [0.5, 0.6) is 0 Å². The van der Waals surface area contributed by atoms with Gasteiger partial charge in [0.1, 0.15) is 0 Å². The van der Waals surface area contributed by atoms with Crippen LogP contribution in [0, 0.1) is 12.3 Å². The van der Waals surface area contributed by atoms with Crippen LogP contribution < -0.4 is 0 Å². The van der Waals surface area contributed by atoms with Gasteiger partial charge in [0, 0.05) is 0 Å². The van der Waals surface area contributed by atoms with E-state index in [9.17, 15) is 0 Å². The molecule has 0 N–H and O–H groups in total. The van der Waals surface area contributed by atoms with Gasteiger partial charge in [-0.05, 0) is 50.2 Å². The average molecular weight is 323 g/mol. The van der Waals surface area contributed by atoms with Crippen molar-refractivity contribution in [1.29, 1.82) is 0 Å². The molecule has 0 heteroatoms. The van der Waals surface area contributed by atoms with E-state index < -0.39 is 0 Å². The molecule has 2 aromatic rings. The Balaban J connectivity index is 0.000000220. The predicted octanol–water partition coefficient (Wildman–Crippen LogP) is 7.83. The number of rotatable bonds is 3. The Labute approximate surface area is 149 Å². The molecule has 1 aliphatic rings. The normalized spacial score (nSPS) is 13.7. The third-order valence-electron chi connectivity index (χ3n) is 4.62. The van der Waals surface area contributed by atoms with Crippen LogP contribution in [0.25, 0.3) is 11.1 Å². The monoisotopic (exact) mass is 322 g/mol. The summed E-state index contributed by atoms with van der Waals surface area (Å²) in [6, 6.07) is 19.0. The molecule has 0 aromatic heterocycles. The van der Waals surface area contributed by atoms with Gasteiger partial charge in [-0.3, -0.25) is 0 Å². The van der Waals surface area contributed by atoms with Crippen LogP contribution in [-0.4, -0.2) is 0 Å². The van der Waals surface area contributed by atoms with Crippen LogP contribution in [0.3, 0.4) is 0 Å². The van der Waals surface area contributed by atoms with Gasteiger partial charge in [0.2, 0.25) is 0 Å². The largest absolute Gasteiger partial charge is 0.100 e. The SMILES string of the molecule is C=C(C)C.CCC1(CC)CC1.Cc1ccc(-c2ccccc2)cc1. The topological polar surface area (TPSA) is 0 Å². The summed E-state index contributed by atoms with van der Waals surface area (Å²) in [4.78, 5) is 0. The summed E-state index contributed by atoms with van der Waals surface area (Å²) in [6.07, 6.45) is 5.81. The lowest BCUT2D eigenvalue weighted by molar-refractivity contribution is 0.474. The van der Waals surface area contributed by atoms with Crippen molar-refractivity contribution in [1.82, 2.24) is 0 Å². The van der Waals surface area contributed by atoms with Crippen LogP contribution >= 0.6 is 0 Å². The summed E-state index contributed by atoms with van der Waals surface area (Å²) in [7, 11) is 0. The zero-order valence-electron chi connectivity index (χ0n) is 16.2. The van der Waals surface area contributed by atoms with Gasteiger partial charge in [0.05, 0.1) is 0 Å². The number of aryl methyl sites for hydroxylation is 1. The molecule has 2 aromatic carbocycles. The molecule has 24 heavy (non-hydrogen) atoms. The summed E-state index contributed by atoms with van der Waals surface area (Å²) in [6.45, 7) is 14.2. The molecule has 0 saturated heterocycles. The zero-order chi connectivity index (χ0) is 18.0. The molecule has 0 nitrogen and oxygen atoms in total. The minimum atomic E-state index is 0.833. The van der Waals surface area contributed by atoms with Gasteiger partial charge < -0.3 is 0 Å². The summed E-state index contributed by atoms with van der Waals surface area (Å²) in [5, 5.41) is 0. The first kappa shape index (κ1) is 20.2. The van der Waals surface area contributed by atoms with Gasteiger partial charge in [-0.1, -0.05) is 92.4 Å². The number of allylic oxidation sites excluding steroid dienone is 1. The van der Waals surface area contributed by atoms with Crippen molar-refractivity contribution in [2.24, 2.45) is 5.41 Å². The van der Waals surface area contributed by atoms with Crippen molar-refractivity contribution in [2.75, 3.05) is 0 Å². The molecule has 1 saturated carbocycles. The Morgan fingerprint density at radius 1 is 0.833 bits per heavy atom. The second kappa shape index (κ2) is 10.1. The van der Waals surface area contributed by atoms with E-state index in [-0.39, 0.29) is 0 Å². The highest BCUT2D eigenvalue weighted by Gasteiger charge is 2.37. The lowest BCUT2D eigenvalue weighted by Crippen LogP contribution is -1.92. The summed E-state index contributed by atoms with van der Waals surface area (Å²) >= 11 is 0. The summed E-state index contributed by atoms with van der Waals surface area (Å²) < 4.78 is 0. The molecule has 0 amide bonds. The van der Waals surface area contributed by atoms with Gasteiger partial charge in [0.15, 0.2) is 0 Å². The van der Waals surface area contributed by atoms with E-state index in [0.29, 0.717) is 0 Å². The molecule has 130 valence electrons. The fraction of sp³-hybridized carbons (Fsp3) is 0.417. The maximum Gasteiger partial charge on any atom is -0.0184 e. The van der Waals surface area contributed by atoms with Crippen LogP contribution in [0.4, 0.5) is 0 Å². The lowest BCUT2D eigenvalue weighted by atomic mass is 10.0. The van der Waals surface area contributed by atoms with E-state index >= 15 is 0 Å². The van der Waals surface area contributed by atoms with E-state index in [1.165, 1.54) is 47.9 Å². The molecular formula is C24H34. The molecule has 1 aliphatic carbocycles. The van der Waals surface area contributed by atoms with Crippen molar-refractivity contribution >= 4 is 0 Å². The first-order chi connectivity index (χ1) is 11.4. The van der Waals surface area contributed by atoms with Crippen LogP contribution in [0.15, 0.2) is 66.7 Å². The quantitative estimate of drug-likeness (QED) is 0.505. The highest BCUT2D eigenvalue weighted by atomic mass is 14.4. The van der Waals surface area contributed by atoms with Crippen molar-refractivity contribution in [3.05, 3.63) is 72.3 Å². The van der Waals surface area contributed by atoms with Gasteiger partial charge in [-0.15, -0.1) is 6.58 Å². The molecule has 3 rings (SSSR count). The van der Waals surface area contributed by atoms with Gasteiger partial charge in [-0.25, -0.2) is 0 Å². The van der Waals surface area contributed by atoms with Gasteiger partial charge >= 0.3 is 0 Å². The van der Waals surface area contributed by atoms with E-state index in [1.54, 1.807) is 0 Å². The van der Waals surface area contributed by atoms with Crippen LogP contribution in [0.1, 0.15) is 58.9 Å². The molecule has 1 fully saturated rings. The van der Waals surface area contributed by atoms with E-state index in [0.717, 1.165) is 5.41 Å². The highest BCUT2D eigenvalue weighted by Crippen LogP contribution is 2.51. The molecule has 0 heterocycles. The Bertz CT molecular complexity index is 576. The summed E-state index contributed by atoms with van der Waals surface area (Å²) in [5.74, 6) is 0. The second-order valence-electron chi connectivity index (χ2n) is 7.15. The standard InChI is InChI=1S/C13H12.C7H14.C4H8/c1-11-7-9-13(10-8-11)12-5-3-2-4-6-12;1-3-7(4-2)5-6-7;1-4(2)3/h2-10H,1H3;3-6H2,1-2H3;1H2,2-3H3. The summed E-state index contributed by atoms with van der Waals surface area (Å²) in [5.41, 5.74) is 5.87. The maximum absolute atomic E-state index is 3.56. The Kier molecular flexibility index (Phi) is 8.54. The number of benzene rings is 2. The second-order valence-corrected chi connectivity index (χ2v) is 7.15. The predicted molar refractivity (Wildman–Crippen MR) is 109 cm³/mol. The Morgan fingerprint density at radius 3 is 1.58 bits per heavy atom. The highest BCUT2D eigenvalue weighted by molar-refractivity contribution is 5.63. The average Bonchev–Trinajstić information content (AvgIpc) is 3.37. The Hall–Kier alpha value is -1.82. The molecule has 0 atom stereocenters. The lowest BCUT2D eigenvalue weighted by Gasteiger charge is -2.04. The number of hydrogen-bond donors (Lipinski definition) is 0. The molecule has 0 bridgehead atoms. The van der Waals surface area contributed by atoms with Gasteiger partial charge in [-0.2, -0.15) is 0 Å². The molecule has 0 radical (unpaired) electrons. The maximum atomic E-state index is 3.56. The fourth-order valence-electron chi connectivity index (χ4n) is 2.51. The fourth-order valence-corrected chi connectivity index (χ4v) is 2.51.